The summed E-state index contributed by atoms with van der Waals surface area (Å²) < 4.78 is 1.79. The Morgan fingerprint density at radius 2 is 1.96 bits per heavy atom. The Kier molecular flexibility index (Phi) is 6.83. The molecule has 3 rings (SSSR count). The van der Waals surface area contributed by atoms with Gasteiger partial charge in [-0.05, 0) is 23.6 Å². The van der Waals surface area contributed by atoms with E-state index in [1.807, 2.05) is 61.7 Å². The lowest BCUT2D eigenvalue weighted by Crippen LogP contribution is -2.39. The number of hydrogen-bond donors (Lipinski definition) is 2. The van der Waals surface area contributed by atoms with Crippen LogP contribution in [-0.2, 0) is 11.3 Å². The quantitative estimate of drug-likeness (QED) is 0.576. The molecule has 2 heterocycles. The van der Waals surface area contributed by atoms with E-state index in [9.17, 15) is 9.59 Å². The van der Waals surface area contributed by atoms with E-state index in [1.165, 1.54) is 11.8 Å². The number of carbonyl (C=O) groups is 2. The second-order valence-corrected chi connectivity index (χ2v) is 8.23. The molecule has 1 aromatic carbocycles. The summed E-state index contributed by atoms with van der Waals surface area (Å²) in [5.74, 6) is 0.667. The summed E-state index contributed by atoms with van der Waals surface area (Å²) in [6.45, 7) is 4.48. The summed E-state index contributed by atoms with van der Waals surface area (Å²) in [6, 6.07) is 13.1. The van der Waals surface area contributed by atoms with Crippen LogP contribution in [0.1, 0.15) is 30.5 Å². The van der Waals surface area contributed by atoms with Crippen LogP contribution in [0.5, 0.6) is 0 Å². The Morgan fingerprint density at radius 3 is 2.64 bits per heavy atom. The van der Waals surface area contributed by atoms with Crippen LogP contribution in [0.15, 0.2) is 53.0 Å². The molecule has 0 atom stereocenters. The van der Waals surface area contributed by atoms with Gasteiger partial charge in [-0.1, -0.05) is 49.9 Å². The van der Waals surface area contributed by atoms with Crippen LogP contribution in [0.3, 0.4) is 0 Å². The third-order valence-corrected chi connectivity index (χ3v) is 5.43. The third-order valence-electron chi connectivity index (χ3n) is 3.72. The molecule has 0 radical (unpaired) electrons. The number of aromatic nitrogens is 3. The normalized spacial score (nSPS) is 10.8. The van der Waals surface area contributed by atoms with Crippen LogP contribution in [0.25, 0.3) is 5.69 Å². The number of thiophene rings is 1. The summed E-state index contributed by atoms with van der Waals surface area (Å²) in [6.07, 6.45) is 0. The Hall–Kier alpha value is -2.65. The lowest BCUT2D eigenvalue weighted by Gasteiger charge is -2.07. The Labute approximate surface area is 171 Å². The largest absolute Gasteiger partial charge is 0.333 e. The SMILES string of the molecule is CC(C)c1nc(SCC(=O)NC(=O)NCc2cccs2)nn1-c1ccccc1. The van der Waals surface area contributed by atoms with E-state index in [0.717, 1.165) is 16.4 Å². The van der Waals surface area contributed by atoms with Crippen molar-refractivity contribution in [1.82, 2.24) is 25.4 Å². The van der Waals surface area contributed by atoms with Gasteiger partial charge in [-0.2, -0.15) is 0 Å². The van der Waals surface area contributed by atoms with Crippen molar-refractivity contribution in [3.05, 3.63) is 58.5 Å². The third kappa shape index (κ3) is 5.43. The van der Waals surface area contributed by atoms with Crippen molar-refractivity contribution in [2.75, 3.05) is 5.75 Å². The summed E-state index contributed by atoms with van der Waals surface area (Å²) in [4.78, 5) is 29.4. The summed E-state index contributed by atoms with van der Waals surface area (Å²) in [5, 5.41) is 11.9. The van der Waals surface area contributed by atoms with Crippen molar-refractivity contribution in [1.29, 1.82) is 0 Å². The molecule has 0 aliphatic rings. The highest BCUT2D eigenvalue weighted by Gasteiger charge is 2.16. The minimum atomic E-state index is -0.510. The molecule has 0 aliphatic heterocycles. The van der Waals surface area contributed by atoms with Gasteiger partial charge < -0.3 is 5.32 Å². The summed E-state index contributed by atoms with van der Waals surface area (Å²) in [5.41, 5.74) is 0.919. The number of hydrogen-bond acceptors (Lipinski definition) is 6. The molecule has 0 bridgehead atoms. The van der Waals surface area contributed by atoms with E-state index in [-0.39, 0.29) is 11.7 Å². The highest BCUT2D eigenvalue weighted by atomic mass is 32.2. The van der Waals surface area contributed by atoms with Crippen molar-refractivity contribution in [2.24, 2.45) is 0 Å². The zero-order chi connectivity index (χ0) is 19.9. The second-order valence-electron chi connectivity index (χ2n) is 6.25. The van der Waals surface area contributed by atoms with E-state index in [1.54, 1.807) is 16.0 Å². The molecule has 2 N–H and O–H groups in total. The predicted octanol–water partition coefficient (Wildman–Crippen LogP) is 3.57. The smallest absolute Gasteiger partial charge is 0.321 e. The first-order valence-electron chi connectivity index (χ1n) is 8.78. The molecule has 9 heteroatoms. The van der Waals surface area contributed by atoms with Crippen molar-refractivity contribution in [3.8, 4) is 5.69 Å². The molecule has 0 unspecified atom stereocenters. The fourth-order valence-corrected chi connectivity index (χ4v) is 3.69. The topological polar surface area (TPSA) is 88.9 Å². The molecule has 0 fully saturated rings. The van der Waals surface area contributed by atoms with Crippen LogP contribution in [0.4, 0.5) is 4.79 Å². The van der Waals surface area contributed by atoms with E-state index >= 15 is 0 Å². The van der Waals surface area contributed by atoms with Crippen LogP contribution >= 0.6 is 23.1 Å². The molecule has 0 aliphatic carbocycles. The molecule has 0 saturated heterocycles. The Bertz CT molecular complexity index is 923. The highest BCUT2D eigenvalue weighted by Crippen LogP contribution is 2.21. The fourth-order valence-electron chi connectivity index (χ4n) is 2.42. The van der Waals surface area contributed by atoms with Gasteiger partial charge in [0, 0.05) is 10.8 Å². The number of nitrogens with zero attached hydrogens (tertiary/aromatic N) is 3. The van der Waals surface area contributed by atoms with Gasteiger partial charge in [0.2, 0.25) is 11.1 Å². The number of para-hydroxylation sites is 1. The van der Waals surface area contributed by atoms with Gasteiger partial charge in [0.05, 0.1) is 18.0 Å². The summed E-state index contributed by atoms with van der Waals surface area (Å²) in [7, 11) is 0. The lowest BCUT2D eigenvalue weighted by molar-refractivity contribution is -0.117. The van der Waals surface area contributed by atoms with Gasteiger partial charge in [-0.15, -0.1) is 16.4 Å². The molecule has 146 valence electrons. The number of amides is 3. The number of carbonyl (C=O) groups excluding carboxylic acids is 2. The van der Waals surface area contributed by atoms with E-state index in [0.29, 0.717) is 11.7 Å². The molecule has 0 spiro atoms. The number of rotatable bonds is 7. The molecule has 7 nitrogen and oxygen atoms in total. The predicted molar refractivity (Wildman–Crippen MR) is 111 cm³/mol. The van der Waals surface area contributed by atoms with Gasteiger partial charge in [0.25, 0.3) is 0 Å². The van der Waals surface area contributed by atoms with Crippen molar-refractivity contribution in [2.45, 2.75) is 31.5 Å². The number of imide groups is 1. The van der Waals surface area contributed by atoms with Gasteiger partial charge >= 0.3 is 6.03 Å². The van der Waals surface area contributed by atoms with Crippen LogP contribution in [0, 0.1) is 0 Å². The number of benzene rings is 1. The molecule has 2 aromatic heterocycles. The van der Waals surface area contributed by atoms with E-state index in [2.05, 4.69) is 20.7 Å². The highest BCUT2D eigenvalue weighted by molar-refractivity contribution is 7.99. The van der Waals surface area contributed by atoms with Crippen LogP contribution in [-0.4, -0.2) is 32.5 Å². The zero-order valence-electron chi connectivity index (χ0n) is 15.6. The van der Waals surface area contributed by atoms with Crippen molar-refractivity contribution >= 4 is 35.0 Å². The van der Waals surface area contributed by atoms with Crippen LogP contribution in [0.2, 0.25) is 0 Å². The minimum absolute atomic E-state index is 0.0583. The molecule has 28 heavy (non-hydrogen) atoms. The Morgan fingerprint density at radius 1 is 1.18 bits per heavy atom. The second kappa shape index (κ2) is 9.52. The monoisotopic (exact) mass is 415 g/mol. The van der Waals surface area contributed by atoms with Gasteiger partial charge in [0.1, 0.15) is 5.82 Å². The van der Waals surface area contributed by atoms with Gasteiger partial charge in [-0.25, -0.2) is 14.5 Å². The molecule has 0 saturated carbocycles. The first kappa shape index (κ1) is 20.1. The average molecular weight is 416 g/mol. The molecular formula is C19H21N5O2S2. The first-order chi connectivity index (χ1) is 13.5. The molecule has 3 amide bonds. The van der Waals surface area contributed by atoms with Gasteiger partial charge in [-0.3, -0.25) is 10.1 Å². The standard InChI is InChI=1S/C19H21N5O2S2/c1-13(2)17-22-19(23-24(17)14-7-4-3-5-8-14)28-12-16(25)21-18(26)20-11-15-9-6-10-27-15/h3-10,13H,11-12H2,1-2H3,(H2,20,21,25,26). The summed E-state index contributed by atoms with van der Waals surface area (Å²) >= 11 is 2.75. The van der Waals surface area contributed by atoms with E-state index in [4.69, 9.17) is 0 Å². The van der Waals surface area contributed by atoms with Crippen LogP contribution < -0.4 is 10.6 Å². The zero-order valence-corrected chi connectivity index (χ0v) is 17.2. The number of thioether (sulfide) groups is 1. The maximum atomic E-state index is 12.0. The van der Waals surface area contributed by atoms with Crippen molar-refractivity contribution in [3.63, 3.8) is 0 Å². The molecular weight excluding hydrogens is 394 g/mol. The number of nitrogens with one attached hydrogen (secondary N) is 2. The molecule has 3 aromatic rings. The number of urea groups is 1. The van der Waals surface area contributed by atoms with E-state index < -0.39 is 11.9 Å². The average Bonchev–Trinajstić information content (AvgIpc) is 3.35. The maximum Gasteiger partial charge on any atom is 0.321 e. The Balaban J connectivity index is 1.55. The lowest BCUT2D eigenvalue weighted by atomic mass is 10.2. The first-order valence-corrected chi connectivity index (χ1v) is 10.6. The maximum absolute atomic E-state index is 12.0. The minimum Gasteiger partial charge on any atom is -0.333 e. The van der Waals surface area contributed by atoms with Gasteiger partial charge in [0.15, 0.2) is 0 Å². The fraction of sp³-hybridized carbons (Fsp3) is 0.263. The van der Waals surface area contributed by atoms with Crippen molar-refractivity contribution < 1.29 is 9.59 Å².